The lowest BCUT2D eigenvalue weighted by atomic mass is 10.0. The number of likely N-dealkylation sites (tertiary alicyclic amines) is 1. The Bertz CT molecular complexity index is 3600. The van der Waals surface area contributed by atoms with Crippen molar-refractivity contribution in [2.75, 3.05) is 24.6 Å². The molecule has 2 aliphatic heterocycles. The van der Waals surface area contributed by atoms with Gasteiger partial charge in [0.1, 0.15) is 37.1 Å². The molecule has 0 radical (unpaired) electrons. The molecular formula is C60H69ClF2N12O7S3. The third-order valence-electron chi connectivity index (χ3n) is 14.4. The van der Waals surface area contributed by atoms with Crippen LogP contribution in [0.3, 0.4) is 0 Å². The Morgan fingerprint density at radius 1 is 0.671 bits per heavy atom. The van der Waals surface area contributed by atoms with Crippen molar-refractivity contribution >= 4 is 111 Å². The Hall–Kier alpha value is -7.87. The van der Waals surface area contributed by atoms with Crippen LogP contribution in [0.4, 0.5) is 20.4 Å². The molecule has 2 saturated heterocycles. The van der Waals surface area contributed by atoms with Gasteiger partial charge in [-0.2, -0.15) is 13.5 Å². The first-order valence-electron chi connectivity index (χ1n) is 26.8. The molecular weight excluding hydrogens is 1170 g/mol. The predicted molar refractivity (Wildman–Crippen MR) is 337 cm³/mol. The third-order valence-corrected chi connectivity index (χ3v) is 14.4. The van der Waals surface area contributed by atoms with Crippen molar-refractivity contribution in [2.24, 2.45) is 11.5 Å². The second-order valence-electron chi connectivity index (χ2n) is 20.4. The van der Waals surface area contributed by atoms with E-state index in [1.807, 2.05) is 80.6 Å². The van der Waals surface area contributed by atoms with Crippen LogP contribution in [0.2, 0.25) is 0 Å². The highest BCUT2D eigenvalue weighted by Crippen LogP contribution is 2.31. The van der Waals surface area contributed by atoms with Crippen LogP contribution in [-0.4, -0.2) is 117 Å². The largest absolute Gasteiger partial charge is 0.480 e. The maximum Gasteiger partial charge on any atom is 0.323 e. The van der Waals surface area contributed by atoms with Crippen LogP contribution < -0.4 is 28.3 Å². The van der Waals surface area contributed by atoms with Gasteiger partial charge in [0, 0.05) is 122 Å². The number of halogens is 3. The summed E-state index contributed by atoms with van der Waals surface area (Å²) in [6.07, 6.45) is 6.97. The monoisotopic (exact) mass is 1240 g/mol. The van der Waals surface area contributed by atoms with Crippen molar-refractivity contribution in [2.45, 2.75) is 109 Å². The molecule has 0 saturated carbocycles. The Balaban J connectivity index is 0.000000249. The topological polar surface area (TPSA) is 307 Å². The molecule has 3 unspecified atom stereocenters. The molecule has 0 spiro atoms. The zero-order chi connectivity index (χ0) is 59.9. The number of nitrogens with two attached hydrogens (primary N) is 4. The number of hydrogen-bond acceptors (Lipinski definition) is 15. The highest BCUT2D eigenvalue weighted by Gasteiger charge is 2.34. The first-order chi connectivity index (χ1) is 39.8. The molecule has 8 heterocycles. The predicted octanol–water partition coefficient (Wildman–Crippen LogP) is 7.39. The summed E-state index contributed by atoms with van der Waals surface area (Å²) in [5.41, 5.74) is 30.7. The molecule has 8 aromatic rings. The number of carboxylic acid groups (broad SMARTS) is 1. The summed E-state index contributed by atoms with van der Waals surface area (Å²) >= 11 is 7.33. The van der Waals surface area contributed by atoms with E-state index in [4.69, 9.17) is 28.0 Å². The number of aliphatic carboxylic acids is 1. The molecule has 6 aromatic heterocycles. The number of rotatable bonds is 14. The number of alkyl halides is 2. The number of carbonyl (C=O) groups is 5. The van der Waals surface area contributed by atoms with Gasteiger partial charge in [0.05, 0.1) is 29.7 Å². The first kappa shape index (κ1) is 67.9. The number of ketones is 1. The van der Waals surface area contributed by atoms with E-state index >= 15 is 0 Å². The molecule has 2 fully saturated rings. The molecule has 5 atom stereocenters. The van der Waals surface area contributed by atoms with E-state index in [0.29, 0.717) is 71.4 Å². The van der Waals surface area contributed by atoms with Crippen LogP contribution in [-0.2, 0) is 62.7 Å². The van der Waals surface area contributed by atoms with Crippen molar-refractivity contribution in [1.29, 1.82) is 0 Å². The van der Waals surface area contributed by atoms with E-state index in [1.165, 1.54) is 15.7 Å². The van der Waals surface area contributed by atoms with Gasteiger partial charge < -0.3 is 52.5 Å². The van der Waals surface area contributed by atoms with Crippen LogP contribution in [0.5, 0.6) is 0 Å². The van der Waals surface area contributed by atoms with Crippen LogP contribution in [0.25, 0.3) is 44.1 Å². The molecule has 85 heavy (non-hydrogen) atoms. The number of aliphatic hydroxyl groups is 1. The van der Waals surface area contributed by atoms with Gasteiger partial charge in [0.15, 0.2) is 5.78 Å². The minimum Gasteiger partial charge on any atom is -0.480 e. The second kappa shape index (κ2) is 31.9. The summed E-state index contributed by atoms with van der Waals surface area (Å²) in [5, 5.41) is 23.6. The van der Waals surface area contributed by atoms with Crippen LogP contribution in [0, 0.1) is 13.8 Å². The number of amides is 3. The normalized spacial score (nSPS) is 16.8. The van der Waals surface area contributed by atoms with Gasteiger partial charge in [-0.15, -0.1) is 12.4 Å². The first-order valence-corrected chi connectivity index (χ1v) is 28.2. The maximum absolute atomic E-state index is 14.4. The summed E-state index contributed by atoms with van der Waals surface area (Å²) in [7, 11) is 0. The van der Waals surface area contributed by atoms with Gasteiger partial charge in [0.25, 0.3) is 11.8 Å². The lowest BCUT2D eigenvalue weighted by Gasteiger charge is -2.29. The summed E-state index contributed by atoms with van der Waals surface area (Å²) in [6, 6.07) is 28.4. The van der Waals surface area contributed by atoms with Gasteiger partial charge >= 0.3 is 5.97 Å². The van der Waals surface area contributed by atoms with Crippen LogP contribution in [0.15, 0.2) is 122 Å². The minimum atomic E-state index is -1.08. The molecule has 450 valence electrons. The molecule has 3 amide bonds. The average Bonchev–Trinajstić information content (AvgIpc) is 3.22. The van der Waals surface area contributed by atoms with Gasteiger partial charge in [-0.25, -0.2) is 18.7 Å². The number of Topliss-reactive ketones (excluding diaryl/α,β-unsaturated/α-hetero) is 1. The number of carboxylic acids is 1. The summed E-state index contributed by atoms with van der Waals surface area (Å²) in [5.74, 6) is -1.91. The summed E-state index contributed by atoms with van der Waals surface area (Å²) in [6.45, 7) is 4.19. The number of carbonyl (C=O) groups excluding carboxylic acids is 4. The highest BCUT2D eigenvalue weighted by atomic mass is 35.5. The Kier molecular flexibility index (Phi) is 25.5. The zero-order valence-electron chi connectivity index (χ0n) is 46.8. The quantitative estimate of drug-likeness (QED) is 0.0558. The molecule has 25 heteroatoms. The number of anilines is 2. The van der Waals surface area contributed by atoms with E-state index < -0.39 is 42.3 Å². The zero-order valence-corrected chi connectivity index (χ0v) is 50.2. The smallest absolute Gasteiger partial charge is 0.323 e. The fourth-order valence-corrected chi connectivity index (χ4v) is 10.3. The fraction of sp³-hybridized carbons (Fsp3) is 0.317. The van der Waals surface area contributed by atoms with E-state index in [-0.39, 0.29) is 100 Å². The Morgan fingerprint density at radius 3 is 1.67 bits per heavy atom. The Morgan fingerprint density at radius 2 is 1.16 bits per heavy atom. The van der Waals surface area contributed by atoms with Crippen LogP contribution >= 0.6 is 25.9 Å². The number of pyridine rings is 4. The van der Waals surface area contributed by atoms with Gasteiger partial charge in [-0.3, -0.25) is 33.9 Å². The van der Waals surface area contributed by atoms with E-state index in [9.17, 15) is 37.9 Å². The van der Waals surface area contributed by atoms with E-state index in [0.717, 1.165) is 39.3 Å². The number of aromatic nitrogens is 6. The molecule has 0 aliphatic carbocycles. The summed E-state index contributed by atoms with van der Waals surface area (Å²) < 4.78 is 30.8. The second-order valence-corrected chi connectivity index (χ2v) is 20.4. The van der Waals surface area contributed by atoms with Crippen LogP contribution in [0.1, 0.15) is 82.0 Å². The van der Waals surface area contributed by atoms with Crippen molar-refractivity contribution in [3.05, 3.63) is 156 Å². The molecule has 2 aromatic carbocycles. The van der Waals surface area contributed by atoms with Crippen molar-refractivity contribution in [3.8, 4) is 22.3 Å². The van der Waals surface area contributed by atoms with Crippen molar-refractivity contribution in [1.82, 2.24) is 39.3 Å². The number of nitrogens with zero attached hydrogens (tertiary/aromatic N) is 7. The van der Waals surface area contributed by atoms with Gasteiger partial charge in [-0.1, -0.05) is 24.3 Å². The third kappa shape index (κ3) is 18.3. The summed E-state index contributed by atoms with van der Waals surface area (Å²) in [4.78, 5) is 80.4. The fourth-order valence-electron chi connectivity index (χ4n) is 10.3. The lowest BCUT2D eigenvalue weighted by Crippen LogP contribution is -2.46. The Labute approximate surface area is 513 Å². The molecule has 10 rings (SSSR count). The maximum atomic E-state index is 14.4. The minimum absolute atomic E-state index is 0. The SMILES string of the molecule is Cc1cccc(CC(=O)[C@@H]2CCC(F)CCN2C(=O)Cn2cc(C(N)=O)c3cc(-c4ccc(N)nc4)ccc32)n1.Cc1cccc(CC(O)[C@@H]2CCC(F)CCN2)n1.Cl.NC(=O)c1cn(CC(=O)O)c2ccc(-c3ccc(N)nc3)cc12.S.S=S. The van der Waals surface area contributed by atoms with Gasteiger partial charge in [-0.05, 0) is 143 Å². The molecule has 0 bridgehead atoms. The van der Waals surface area contributed by atoms with E-state index in [2.05, 4.69) is 47.6 Å². The number of fused-ring (bicyclic) bond motifs is 2. The number of nitrogen functional groups attached to an aromatic ring is 2. The molecule has 11 N–H and O–H groups in total. The average molecular weight is 1240 g/mol. The number of primary amides is 2. The van der Waals surface area contributed by atoms with Crippen molar-refractivity contribution < 1.29 is 43.0 Å². The highest BCUT2D eigenvalue weighted by molar-refractivity contribution is 8.07. The van der Waals surface area contributed by atoms with Crippen molar-refractivity contribution in [3.63, 3.8) is 0 Å². The molecule has 2 aliphatic rings. The number of aliphatic hydroxyl groups excluding tert-OH is 1. The van der Waals surface area contributed by atoms with Gasteiger partial charge in [0.2, 0.25) is 5.91 Å². The number of nitrogens with one attached hydrogen (secondary N) is 1. The van der Waals surface area contributed by atoms with E-state index in [1.54, 1.807) is 53.5 Å². The number of benzene rings is 2. The molecule has 19 nitrogen and oxygen atoms in total. The lowest BCUT2D eigenvalue weighted by molar-refractivity contribution is -0.139. The number of aryl methyl sites for hydroxylation is 2. The standard InChI is InChI=1S/C30H31FN6O3.C16H14N4O3.C14H21FN2O.ClH.S2.H2S/c1-18-3-2-4-22(35-18)14-27(38)26-9-7-21(31)11-12-37(26)29(39)17-36-16-24(30(33)40)23-13-19(5-8-25(23)36)20-6-10-28(32)34-15-20;17-14-4-2-10(6-19-14)9-1-3-13-11(5-9)12(16(18)23)7-20(13)8-15(21)22;1-10-3-2-4-12(17-10)9-14(18)13-6-5-11(15)7-8-16-13;;1-2;/h2-6,8,10,13,15-16,21,26H,7,9,11-12,14,17H2,1H3,(H2,32,34)(H2,33,40);1-7H,8H2,(H2,17,19)(H2,18,23)(H,21,22);2-4,11,13-14,16,18H,5-9H2,1H3;1H;;1H2/t21?,26-;;11?,13-,14?;;;/m0.0.../s1. The number of hydrogen-bond donors (Lipinski definition) is 7.